The fraction of sp³-hybridized carbons (Fsp3) is 0.438. The van der Waals surface area contributed by atoms with Crippen LogP contribution in [0.5, 0.6) is 0 Å². The van der Waals surface area contributed by atoms with Gasteiger partial charge in [0.05, 0.1) is 0 Å². The molecule has 0 bridgehead atoms. The molecule has 1 saturated carbocycles. The first kappa shape index (κ1) is 12.3. The van der Waals surface area contributed by atoms with Crippen LogP contribution in [0.25, 0.3) is 10.8 Å². The van der Waals surface area contributed by atoms with Gasteiger partial charge in [-0.2, -0.15) is 0 Å². The van der Waals surface area contributed by atoms with Gasteiger partial charge in [0.25, 0.3) is 0 Å². The Morgan fingerprint density at radius 3 is 2.84 bits per heavy atom. The summed E-state index contributed by atoms with van der Waals surface area (Å²) in [5, 5.41) is 5.76. The molecule has 1 heterocycles. The predicted octanol–water partition coefficient (Wildman–Crippen LogP) is 3.81. The van der Waals surface area contributed by atoms with Gasteiger partial charge in [0.15, 0.2) is 0 Å². The summed E-state index contributed by atoms with van der Waals surface area (Å²) in [6.45, 7) is 1.05. The number of nitrogens with two attached hydrogens (primary N) is 1. The van der Waals surface area contributed by atoms with Crippen LogP contribution in [0.15, 0.2) is 30.6 Å². The van der Waals surface area contributed by atoms with Crippen molar-refractivity contribution in [3.63, 3.8) is 0 Å². The van der Waals surface area contributed by atoms with Crippen molar-refractivity contribution in [1.29, 1.82) is 0 Å². The Bertz CT molecular complexity index is 559. The first-order valence-electron chi connectivity index (χ1n) is 7.20. The quantitative estimate of drug-likeness (QED) is 0.817. The van der Waals surface area contributed by atoms with Crippen LogP contribution in [0.1, 0.15) is 32.1 Å². The molecule has 3 heteroatoms. The second kappa shape index (κ2) is 5.47. The first-order valence-corrected chi connectivity index (χ1v) is 7.20. The average Bonchev–Trinajstić information content (AvgIpc) is 2.95. The van der Waals surface area contributed by atoms with Gasteiger partial charge < -0.3 is 11.1 Å². The van der Waals surface area contributed by atoms with E-state index in [2.05, 4.69) is 16.4 Å². The summed E-state index contributed by atoms with van der Waals surface area (Å²) in [7, 11) is 0. The lowest BCUT2D eigenvalue weighted by molar-refractivity contribution is 0.519. The largest absolute Gasteiger partial charge is 0.398 e. The molecule has 0 atom stereocenters. The van der Waals surface area contributed by atoms with E-state index in [1.807, 2.05) is 24.5 Å². The van der Waals surface area contributed by atoms with E-state index in [1.165, 1.54) is 43.2 Å². The molecular weight excluding hydrogens is 234 g/mol. The number of nitrogen functional groups attached to an aromatic ring is 1. The molecule has 100 valence electrons. The Kier molecular flexibility index (Phi) is 3.53. The maximum absolute atomic E-state index is 5.99. The Labute approximate surface area is 114 Å². The molecule has 1 fully saturated rings. The number of benzene rings is 1. The Morgan fingerprint density at radius 2 is 2.00 bits per heavy atom. The number of hydrogen-bond donors (Lipinski definition) is 2. The Morgan fingerprint density at radius 1 is 1.16 bits per heavy atom. The Balaban J connectivity index is 1.72. The molecule has 3 N–H and O–H groups in total. The van der Waals surface area contributed by atoms with Gasteiger partial charge in [-0.25, -0.2) is 0 Å². The highest BCUT2D eigenvalue weighted by Gasteiger charge is 2.14. The standard InChI is InChI=1S/C16H21N3/c17-15-5-6-16(13-8-9-18-11-14(13)15)19-10-7-12-3-1-2-4-12/h5-6,8-9,11-12,19H,1-4,7,10,17H2. The number of nitrogens with one attached hydrogen (secondary N) is 1. The van der Waals surface area contributed by atoms with E-state index in [9.17, 15) is 0 Å². The summed E-state index contributed by atoms with van der Waals surface area (Å²) in [4.78, 5) is 4.15. The summed E-state index contributed by atoms with van der Waals surface area (Å²) in [5.41, 5.74) is 7.95. The van der Waals surface area contributed by atoms with E-state index in [1.54, 1.807) is 0 Å². The molecule has 0 radical (unpaired) electrons. The SMILES string of the molecule is Nc1ccc(NCCC2CCCC2)c2ccncc12. The van der Waals surface area contributed by atoms with Crippen molar-refractivity contribution in [2.45, 2.75) is 32.1 Å². The van der Waals surface area contributed by atoms with Gasteiger partial charge in [0.1, 0.15) is 0 Å². The number of hydrogen-bond acceptors (Lipinski definition) is 3. The Hall–Kier alpha value is -1.77. The smallest absolute Gasteiger partial charge is 0.0422 e. The zero-order valence-corrected chi connectivity index (χ0v) is 11.2. The van der Waals surface area contributed by atoms with E-state index in [0.717, 1.165) is 23.5 Å². The molecular formula is C16H21N3. The number of aromatic nitrogens is 1. The fourth-order valence-corrected chi connectivity index (χ4v) is 3.08. The maximum atomic E-state index is 5.99. The average molecular weight is 255 g/mol. The van der Waals surface area contributed by atoms with Crippen LogP contribution in [0, 0.1) is 5.92 Å². The molecule has 0 saturated heterocycles. The van der Waals surface area contributed by atoms with Gasteiger partial charge in [-0.05, 0) is 30.5 Å². The summed E-state index contributed by atoms with van der Waals surface area (Å²) < 4.78 is 0. The minimum Gasteiger partial charge on any atom is -0.398 e. The van der Waals surface area contributed by atoms with E-state index in [0.29, 0.717) is 0 Å². The topological polar surface area (TPSA) is 50.9 Å². The monoisotopic (exact) mass is 255 g/mol. The molecule has 1 aromatic heterocycles. The van der Waals surface area contributed by atoms with E-state index in [-0.39, 0.29) is 0 Å². The molecule has 0 unspecified atom stereocenters. The highest BCUT2D eigenvalue weighted by atomic mass is 14.9. The second-order valence-corrected chi connectivity index (χ2v) is 5.49. The van der Waals surface area contributed by atoms with Gasteiger partial charge in [0, 0.05) is 41.1 Å². The molecule has 0 aliphatic heterocycles. The van der Waals surface area contributed by atoms with Crippen molar-refractivity contribution in [3.8, 4) is 0 Å². The lowest BCUT2D eigenvalue weighted by atomic mass is 10.0. The third kappa shape index (κ3) is 2.65. The summed E-state index contributed by atoms with van der Waals surface area (Å²) >= 11 is 0. The van der Waals surface area contributed by atoms with Crippen molar-refractivity contribution < 1.29 is 0 Å². The normalized spacial score (nSPS) is 16.0. The lowest BCUT2D eigenvalue weighted by Crippen LogP contribution is -2.07. The van der Waals surface area contributed by atoms with Crippen molar-refractivity contribution in [2.24, 2.45) is 5.92 Å². The second-order valence-electron chi connectivity index (χ2n) is 5.49. The summed E-state index contributed by atoms with van der Waals surface area (Å²) in [6.07, 6.45) is 10.6. The van der Waals surface area contributed by atoms with Crippen LogP contribution in [0.4, 0.5) is 11.4 Å². The molecule has 0 amide bonds. The number of fused-ring (bicyclic) bond motifs is 1. The van der Waals surface area contributed by atoms with Crippen molar-refractivity contribution in [2.75, 3.05) is 17.6 Å². The third-order valence-electron chi connectivity index (χ3n) is 4.19. The van der Waals surface area contributed by atoms with Crippen LogP contribution in [-0.2, 0) is 0 Å². The summed E-state index contributed by atoms with van der Waals surface area (Å²) in [6, 6.07) is 6.07. The van der Waals surface area contributed by atoms with E-state index < -0.39 is 0 Å². The van der Waals surface area contributed by atoms with Crippen LogP contribution >= 0.6 is 0 Å². The minimum atomic E-state index is 0.796. The number of nitrogens with zero attached hydrogens (tertiary/aromatic N) is 1. The molecule has 3 rings (SSSR count). The zero-order valence-electron chi connectivity index (χ0n) is 11.2. The van der Waals surface area contributed by atoms with Crippen molar-refractivity contribution in [3.05, 3.63) is 30.6 Å². The number of pyridine rings is 1. The minimum absolute atomic E-state index is 0.796. The van der Waals surface area contributed by atoms with Crippen LogP contribution < -0.4 is 11.1 Å². The predicted molar refractivity (Wildman–Crippen MR) is 81.2 cm³/mol. The molecule has 3 nitrogen and oxygen atoms in total. The van der Waals surface area contributed by atoms with E-state index in [4.69, 9.17) is 5.73 Å². The van der Waals surface area contributed by atoms with Gasteiger partial charge in [0.2, 0.25) is 0 Å². The van der Waals surface area contributed by atoms with Gasteiger partial charge >= 0.3 is 0 Å². The fourth-order valence-electron chi connectivity index (χ4n) is 3.08. The van der Waals surface area contributed by atoms with Crippen molar-refractivity contribution in [1.82, 2.24) is 4.98 Å². The van der Waals surface area contributed by atoms with Gasteiger partial charge in [-0.1, -0.05) is 25.7 Å². The highest BCUT2D eigenvalue weighted by Crippen LogP contribution is 2.29. The van der Waals surface area contributed by atoms with E-state index >= 15 is 0 Å². The summed E-state index contributed by atoms with van der Waals surface area (Å²) in [5.74, 6) is 0.925. The number of rotatable bonds is 4. The first-order chi connectivity index (χ1) is 9.34. The molecule has 1 aliphatic carbocycles. The lowest BCUT2D eigenvalue weighted by Gasteiger charge is -2.13. The third-order valence-corrected chi connectivity index (χ3v) is 4.19. The molecule has 2 aromatic rings. The number of anilines is 2. The zero-order chi connectivity index (χ0) is 13.1. The van der Waals surface area contributed by atoms with Gasteiger partial charge in [-0.3, -0.25) is 4.98 Å². The van der Waals surface area contributed by atoms with Crippen LogP contribution in [0.3, 0.4) is 0 Å². The molecule has 1 aromatic carbocycles. The maximum Gasteiger partial charge on any atom is 0.0422 e. The van der Waals surface area contributed by atoms with Crippen LogP contribution in [-0.4, -0.2) is 11.5 Å². The van der Waals surface area contributed by atoms with Crippen LogP contribution in [0.2, 0.25) is 0 Å². The molecule has 1 aliphatic rings. The van der Waals surface area contributed by atoms with Gasteiger partial charge in [-0.15, -0.1) is 0 Å². The highest BCUT2D eigenvalue weighted by molar-refractivity contribution is 6.00. The molecule has 0 spiro atoms. The van der Waals surface area contributed by atoms with Crippen molar-refractivity contribution >= 4 is 22.1 Å². The molecule has 19 heavy (non-hydrogen) atoms.